The summed E-state index contributed by atoms with van der Waals surface area (Å²) in [4.78, 5) is 4.62. The molecule has 96 valence electrons. The van der Waals surface area contributed by atoms with Crippen molar-refractivity contribution < 1.29 is 0 Å². The molecule has 0 spiro atoms. The largest absolute Gasteiger partial charge is 0.379 e. The van der Waals surface area contributed by atoms with Gasteiger partial charge in [-0.05, 0) is 37.6 Å². The van der Waals surface area contributed by atoms with E-state index in [0.29, 0.717) is 0 Å². The maximum Gasteiger partial charge on any atom is 0.137 e. The van der Waals surface area contributed by atoms with Crippen molar-refractivity contribution in [3.8, 4) is 0 Å². The Hall–Kier alpha value is -2.29. The Bertz CT molecular complexity index is 713. The van der Waals surface area contributed by atoms with E-state index in [4.69, 9.17) is 0 Å². The van der Waals surface area contributed by atoms with Crippen LogP contribution in [0, 0.1) is 13.8 Å². The van der Waals surface area contributed by atoms with E-state index in [1.807, 2.05) is 18.2 Å². The second-order valence-corrected chi connectivity index (χ2v) is 4.80. The summed E-state index contributed by atoms with van der Waals surface area (Å²) < 4.78 is 2.12. The predicted octanol–water partition coefficient (Wildman–Crippen LogP) is 3.56. The molecule has 0 radical (unpaired) electrons. The lowest BCUT2D eigenvalue weighted by molar-refractivity contribution is 1.06. The fourth-order valence-electron chi connectivity index (χ4n) is 2.24. The molecule has 3 nitrogen and oxygen atoms in total. The Morgan fingerprint density at radius 1 is 1.05 bits per heavy atom. The number of hydrogen-bond donors (Lipinski definition) is 1. The van der Waals surface area contributed by atoms with E-state index in [2.05, 4.69) is 59.0 Å². The topological polar surface area (TPSA) is 29.3 Å². The average Bonchev–Trinajstić information content (AvgIpc) is 2.82. The van der Waals surface area contributed by atoms with Crippen molar-refractivity contribution in [1.82, 2.24) is 9.38 Å². The quantitative estimate of drug-likeness (QED) is 0.771. The highest BCUT2D eigenvalue weighted by Gasteiger charge is 2.03. The zero-order valence-corrected chi connectivity index (χ0v) is 11.2. The highest BCUT2D eigenvalue weighted by molar-refractivity contribution is 5.50. The molecular weight excluding hydrogens is 234 g/mol. The number of fused-ring (bicyclic) bond motifs is 1. The SMILES string of the molecule is Cc1ccccc1NCc1cn2c(C)cccc2n1. The number of rotatable bonds is 3. The average molecular weight is 251 g/mol. The van der Waals surface area contributed by atoms with Crippen LogP contribution in [0.3, 0.4) is 0 Å². The van der Waals surface area contributed by atoms with Gasteiger partial charge in [-0.1, -0.05) is 24.3 Å². The summed E-state index contributed by atoms with van der Waals surface area (Å²) >= 11 is 0. The van der Waals surface area contributed by atoms with E-state index >= 15 is 0 Å². The summed E-state index contributed by atoms with van der Waals surface area (Å²) in [5, 5.41) is 3.43. The zero-order chi connectivity index (χ0) is 13.2. The van der Waals surface area contributed by atoms with Crippen LogP contribution in [0.2, 0.25) is 0 Å². The molecule has 0 saturated heterocycles. The number of para-hydroxylation sites is 1. The van der Waals surface area contributed by atoms with Gasteiger partial charge in [-0.25, -0.2) is 4.98 Å². The third-order valence-electron chi connectivity index (χ3n) is 3.35. The first-order valence-corrected chi connectivity index (χ1v) is 6.47. The Morgan fingerprint density at radius 2 is 1.89 bits per heavy atom. The Morgan fingerprint density at radius 3 is 2.68 bits per heavy atom. The van der Waals surface area contributed by atoms with Gasteiger partial charge >= 0.3 is 0 Å². The molecule has 0 bridgehead atoms. The molecule has 2 aromatic heterocycles. The highest BCUT2D eigenvalue weighted by Crippen LogP contribution is 2.15. The Balaban J connectivity index is 1.83. The molecule has 0 aliphatic heterocycles. The van der Waals surface area contributed by atoms with Crippen molar-refractivity contribution in [3.05, 3.63) is 65.6 Å². The van der Waals surface area contributed by atoms with Crippen LogP contribution in [-0.2, 0) is 6.54 Å². The molecule has 0 atom stereocenters. The normalized spacial score (nSPS) is 10.8. The minimum Gasteiger partial charge on any atom is -0.379 e. The molecule has 2 heterocycles. The fraction of sp³-hybridized carbons (Fsp3) is 0.188. The number of hydrogen-bond acceptors (Lipinski definition) is 2. The molecule has 1 aromatic carbocycles. The van der Waals surface area contributed by atoms with Crippen LogP contribution in [-0.4, -0.2) is 9.38 Å². The first-order chi connectivity index (χ1) is 9.24. The van der Waals surface area contributed by atoms with Crippen LogP contribution in [0.25, 0.3) is 5.65 Å². The number of imidazole rings is 1. The number of pyridine rings is 1. The smallest absolute Gasteiger partial charge is 0.137 e. The molecule has 3 aromatic rings. The number of aryl methyl sites for hydroxylation is 2. The molecule has 1 N–H and O–H groups in total. The summed E-state index contributed by atoms with van der Waals surface area (Å²) in [6.07, 6.45) is 2.09. The first-order valence-electron chi connectivity index (χ1n) is 6.47. The van der Waals surface area contributed by atoms with Crippen molar-refractivity contribution in [2.45, 2.75) is 20.4 Å². The van der Waals surface area contributed by atoms with Crippen LogP contribution < -0.4 is 5.32 Å². The molecular formula is C16H17N3. The number of anilines is 1. The lowest BCUT2D eigenvalue weighted by atomic mass is 10.2. The van der Waals surface area contributed by atoms with Gasteiger partial charge in [0.05, 0.1) is 12.2 Å². The zero-order valence-electron chi connectivity index (χ0n) is 11.2. The van der Waals surface area contributed by atoms with Gasteiger partial charge in [-0.2, -0.15) is 0 Å². The monoisotopic (exact) mass is 251 g/mol. The van der Waals surface area contributed by atoms with Gasteiger partial charge in [-0.15, -0.1) is 0 Å². The third-order valence-corrected chi connectivity index (χ3v) is 3.35. The van der Waals surface area contributed by atoms with Gasteiger partial charge in [-0.3, -0.25) is 0 Å². The lowest BCUT2D eigenvalue weighted by Crippen LogP contribution is -2.00. The number of nitrogens with zero attached hydrogens (tertiary/aromatic N) is 2. The van der Waals surface area contributed by atoms with Gasteiger partial charge in [0, 0.05) is 17.6 Å². The van der Waals surface area contributed by atoms with Crippen LogP contribution >= 0.6 is 0 Å². The highest BCUT2D eigenvalue weighted by atomic mass is 15.0. The van der Waals surface area contributed by atoms with Crippen LogP contribution in [0.15, 0.2) is 48.7 Å². The van der Waals surface area contributed by atoms with Gasteiger partial charge in [0.1, 0.15) is 5.65 Å². The van der Waals surface area contributed by atoms with Gasteiger partial charge in [0.2, 0.25) is 0 Å². The van der Waals surface area contributed by atoms with Crippen molar-refractivity contribution in [2.75, 3.05) is 5.32 Å². The molecule has 0 fully saturated rings. The standard InChI is InChI=1S/C16H17N3/c1-12-6-3-4-8-15(12)17-10-14-11-19-13(2)7-5-9-16(19)18-14/h3-9,11,17H,10H2,1-2H3. The van der Waals surface area contributed by atoms with Crippen molar-refractivity contribution in [2.24, 2.45) is 0 Å². The van der Waals surface area contributed by atoms with Crippen molar-refractivity contribution >= 4 is 11.3 Å². The molecule has 0 amide bonds. The summed E-state index contributed by atoms with van der Waals surface area (Å²) in [6, 6.07) is 14.5. The van der Waals surface area contributed by atoms with E-state index in [-0.39, 0.29) is 0 Å². The molecule has 0 aliphatic carbocycles. The predicted molar refractivity (Wildman–Crippen MR) is 78.4 cm³/mol. The van der Waals surface area contributed by atoms with E-state index in [1.54, 1.807) is 0 Å². The summed E-state index contributed by atoms with van der Waals surface area (Å²) in [6.45, 7) is 4.94. The summed E-state index contributed by atoms with van der Waals surface area (Å²) in [5.74, 6) is 0. The molecule has 19 heavy (non-hydrogen) atoms. The molecule has 0 unspecified atom stereocenters. The molecule has 3 rings (SSSR count). The minimum absolute atomic E-state index is 0.742. The van der Waals surface area contributed by atoms with Gasteiger partial charge in [0.25, 0.3) is 0 Å². The number of aromatic nitrogens is 2. The molecule has 0 aliphatic rings. The summed E-state index contributed by atoms with van der Waals surface area (Å²) in [7, 11) is 0. The van der Waals surface area contributed by atoms with Crippen LogP contribution in [0.1, 0.15) is 17.0 Å². The first kappa shape index (κ1) is 11.8. The van der Waals surface area contributed by atoms with E-state index in [0.717, 1.165) is 23.6 Å². The second kappa shape index (κ2) is 4.76. The van der Waals surface area contributed by atoms with Crippen LogP contribution in [0.5, 0.6) is 0 Å². The van der Waals surface area contributed by atoms with E-state index in [1.165, 1.54) is 11.3 Å². The number of nitrogens with one attached hydrogen (secondary N) is 1. The fourth-order valence-corrected chi connectivity index (χ4v) is 2.24. The third kappa shape index (κ3) is 2.32. The Labute approximate surface area is 112 Å². The number of benzene rings is 1. The van der Waals surface area contributed by atoms with Crippen LogP contribution in [0.4, 0.5) is 5.69 Å². The minimum atomic E-state index is 0.742. The lowest BCUT2D eigenvalue weighted by Gasteiger charge is -2.07. The van der Waals surface area contributed by atoms with Gasteiger partial charge in [0.15, 0.2) is 0 Å². The van der Waals surface area contributed by atoms with Gasteiger partial charge < -0.3 is 9.72 Å². The second-order valence-electron chi connectivity index (χ2n) is 4.80. The van der Waals surface area contributed by atoms with Crippen molar-refractivity contribution in [3.63, 3.8) is 0 Å². The summed E-state index contributed by atoms with van der Waals surface area (Å²) in [5.41, 5.74) is 5.67. The van der Waals surface area contributed by atoms with Crippen molar-refractivity contribution in [1.29, 1.82) is 0 Å². The molecule has 0 saturated carbocycles. The Kier molecular flexibility index (Phi) is 2.95. The van der Waals surface area contributed by atoms with E-state index in [9.17, 15) is 0 Å². The maximum absolute atomic E-state index is 4.62. The van der Waals surface area contributed by atoms with E-state index < -0.39 is 0 Å². The maximum atomic E-state index is 4.62. The molecule has 3 heteroatoms.